The summed E-state index contributed by atoms with van der Waals surface area (Å²) >= 11 is 8.12. The van der Waals surface area contributed by atoms with E-state index in [2.05, 4.69) is 41.2 Å². The molecule has 0 rings (SSSR count). The Bertz CT molecular complexity index is 562. The summed E-state index contributed by atoms with van der Waals surface area (Å²) in [6.45, 7) is 7.07. The Hall–Kier alpha value is -1.46. The lowest BCUT2D eigenvalue weighted by atomic mass is 9.99. The summed E-state index contributed by atoms with van der Waals surface area (Å²) in [6.07, 6.45) is 0.555. The summed E-state index contributed by atoms with van der Waals surface area (Å²) in [5, 5.41) is 16.7. The highest BCUT2D eigenvalue weighted by Crippen LogP contribution is 2.08. The number of carbonyl (C=O) groups excluding carboxylic acids is 3. The molecule has 5 unspecified atom stereocenters. The molecule has 0 heterocycles. The number of carbonyl (C=O) groups is 4. The first-order valence-electron chi connectivity index (χ1n) is 9.11. The van der Waals surface area contributed by atoms with Crippen molar-refractivity contribution in [1.82, 2.24) is 16.0 Å². The number of rotatable bonds is 12. The van der Waals surface area contributed by atoms with E-state index in [1.165, 1.54) is 0 Å². The lowest BCUT2D eigenvalue weighted by Crippen LogP contribution is -2.59. The van der Waals surface area contributed by atoms with Gasteiger partial charge in [-0.2, -0.15) is 25.3 Å². The van der Waals surface area contributed by atoms with Crippen LogP contribution in [0.2, 0.25) is 0 Å². The molecule has 0 radical (unpaired) electrons. The smallest absolute Gasteiger partial charge is 0.326 e. The molecule has 0 aliphatic heterocycles. The van der Waals surface area contributed by atoms with Crippen LogP contribution < -0.4 is 21.7 Å². The van der Waals surface area contributed by atoms with E-state index < -0.39 is 47.9 Å². The van der Waals surface area contributed by atoms with E-state index in [1.807, 2.05) is 6.92 Å². The van der Waals surface area contributed by atoms with Crippen LogP contribution in [0.5, 0.6) is 0 Å². The predicted octanol–water partition coefficient (Wildman–Crippen LogP) is -0.586. The molecule has 9 nitrogen and oxygen atoms in total. The number of carboxylic acids is 1. The maximum absolute atomic E-state index is 12.4. The van der Waals surface area contributed by atoms with E-state index in [4.69, 9.17) is 5.73 Å². The van der Waals surface area contributed by atoms with Gasteiger partial charge in [-0.05, 0) is 11.8 Å². The number of carboxylic acid groups (broad SMARTS) is 1. The van der Waals surface area contributed by atoms with E-state index in [9.17, 15) is 24.3 Å². The van der Waals surface area contributed by atoms with Crippen LogP contribution in [0, 0.1) is 11.8 Å². The molecule has 0 bridgehead atoms. The fourth-order valence-corrected chi connectivity index (χ4v) is 2.68. The third-order valence-corrected chi connectivity index (χ3v) is 5.16. The fraction of sp³-hybridized carbons (Fsp3) is 0.765. The van der Waals surface area contributed by atoms with Gasteiger partial charge in [0.1, 0.15) is 18.1 Å². The Kier molecular flexibility index (Phi) is 12.2. The second-order valence-electron chi connectivity index (χ2n) is 6.97. The minimum Gasteiger partial charge on any atom is -0.480 e. The summed E-state index contributed by atoms with van der Waals surface area (Å²) in [6, 6.07) is -3.94. The van der Waals surface area contributed by atoms with Gasteiger partial charge in [-0.15, -0.1) is 0 Å². The Balaban J connectivity index is 5.05. The number of hydrogen-bond acceptors (Lipinski definition) is 7. The molecule has 0 aromatic heterocycles. The second-order valence-corrected chi connectivity index (χ2v) is 7.70. The van der Waals surface area contributed by atoms with Gasteiger partial charge in [0.25, 0.3) is 0 Å². The molecule has 0 aromatic rings. The number of aliphatic carboxylic acids is 1. The van der Waals surface area contributed by atoms with Gasteiger partial charge in [0.05, 0.1) is 6.04 Å². The van der Waals surface area contributed by atoms with Crippen LogP contribution in [0.3, 0.4) is 0 Å². The van der Waals surface area contributed by atoms with E-state index in [1.54, 1.807) is 20.8 Å². The van der Waals surface area contributed by atoms with Gasteiger partial charge in [0.15, 0.2) is 0 Å². The fourth-order valence-electron chi connectivity index (χ4n) is 2.17. The lowest BCUT2D eigenvalue weighted by Gasteiger charge is -2.25. The molecule has 28 heavy (non-hydrogen) atoms. The zero-order chi connectivity index (χ0) is 22.0. The van der Waals surface area contributed by atoms with Gasteiger partial charge in [0, 0.05) is 11.5 Å². The van der Waals surface area contributed by atoms with Crippen LogP contribution in [0.4, 0.5) is 0 Å². The van der Waals surface area contributed by atoms with Gasteiger partial charge in [0.2, 0.25) is 17.7 Å². The van der Waals surface area contributed by atoms with E-state index in [0.717, 1.165) is 0 Å². The molecule has 3 amide bonds. The topological polar surface area (TPSA) is 151 Å². The molecule has 11 heteroatoms. The van der Waals surface area contributed by atoms with Crippen molar-refractivity contribution in [2.24, 2.45) is 17.6 Å². The number of hydrogen-bond donors (Lipinski definition) is 7. The molecule has 5 atom stereocenters. The first kappa shape index (κ1) is 26.5. The quantitative estimate of drug-likeness (QED) is 0.203. The Morgan fingerprint density at radius 2 is 1.32 bits per heavy atom. The third kappa shape index (κ3) is 8.27. The van der Waals surface area contributed by atoms with Crippen LogP contribution >= 0.6 is 25.3 Å². The molecular weight excluding hydrogens is 404 g/mol. The largest absolute Gasteiger partial charge is 0.480 e. The molecule has 0 aliphatic carbocycles. The molecule has 162 valence electrons. The van der Waals surface area contributed by atoms with Crippen molar-refractivity contribution in [2.45, 2.75) is 58.3 Å². The first-order chi connectivity index (χ1) is 13.0. The lowest BCUT2D eigenvalue weighted by molar-refractivity contribution is -0.143. The Labute approximate surface area is 176 Å². The van der Waals surface area contributed by atoms with E-state index in [0.29, 0.717) is 6.42 Å². The monoisotopic (exact) mass is 436 g/mol. The summed E-state index contributed by atoms with van der Waals surface area (Å²) in [5.74, 6) is -3.43. The van der Waals surface area contributed by atoms with Crippen molar-refractivity contribution in [1.29, 1.82) is 0 Å². The van der Waals surface area contributed by atoms with Gasteiger partial charge in [-0.25, -0.2) is 4.79 Å². The molecule has 0 aromatic carbocycles. The summed E-state index contributed by atoms with van der Waals surface area (Å²) in [4.78, 5) is 48.3. The summed E-state index contributed by atoms with van der Waals surface area (Å²) in [5.41, 5.74) is 5.76. The molecular formula is C17H32N4O5S2. The summed E-state index contributed by atoms with van der Waals surface area (Å²) < 4.78 is 0. The molecule has 0 saturated heterocycles. The predicted molar refractivity (Wildman–Crippen MR) is 113 cm³/mol. The number of nitrogens with one attached hydrogen (secondary N) is 3. The minimum atomic E-state index is -1.16. The normalized spacial score (nSPS) is 16.4. The van der Waals surface area contributed by atoms with Crippen molar-refractivity contribution in [3.8, 4) is 0 Å². The highest BCUT2D eigenvalue weighted by atomic mass is 32.1. The molecule has 0 spiro atoms. The van der Waals surface area contributed by atoms with Gasteiger partial charge in [-0.1, -0.05) is 34.1 Å². The van der Waals surface area contributed by atoms with Crippen molar-refractivity contribution in [3.05, 3.63) is 0 Å². The van der Waals surface area contributed by atoms with E-state index in [-0.39, 0.29) is 23.3 Å². The SMILES string of the molecule is CCC(C)C(NC(=O)C(CS)NC(=O)C(CS)NC(=O)C(N)C(C)C)C(=O)O. The van der Waals surface area contributed by atoms with Crippen LogP contribution in [0.15, 0.2) is 0 Å². The molecule has 6 N–H and O–H groups in total. The van der Waals surface area contributed by atoms with Crippen LogP contribution in [-0.4, -0.2) is 64.5 Å². The number of amides is 3. The standard InChI is InChI=1S/C17H32N4O5S2/c1-5-9(4)13(17(25)26)21-15(23)11(7-28)19-14(22)10(6-27)20-16(24)12(18)8(2)3/h8-13,27-28H,5-7,18H2,1-4H3,(H,19,22)(H,20,24)(H,21,23)(H,25,26). The van der Waals surface area contributed by atoms with Crippen molar-refractivity contribution >= 4 is 48.9 Å². The number of thiol groups is 2. The van der Waals surface area contributed by atoms with Crippen molar-refractivity contribution in [3.63, 3.8) is 0 Å². The van der Waals surface area contributed by atoms with Gasteiger partial charge < -0.3 is 26.8 Å². The zero-order valence-corrected chi connectivity index (χ0v) is 18.4. The molecule has 0 fully saturated rings. The average molecular weight is 437 g/mol. The highest BCUT2D eigenvalue weighted by molar-refractivity contribution is 7.80. The van der Waals surface area contributed by atoms with Gasteiger partial charge >= 0.3 is 5.97 Å². The van der Waals surface area contributed by atoms with Crippen molar-refractivity contribution < 1.29 is 24.3 Å². The molecule has 0 saturated carbocycles. The summed E-state index contributed by atoms with van der Waals surface area (Å²) in [7, 11) is 0. The van der Waals surface area contributed by atoms with Crippen LogP contribution in [0.25, 0.3) is 0 Å². The van der Waals surface area contributed by atoms with Crippen LogP contribution in [-0.2, 0) is 19.2 Å². The van der Waals surface area contributed by atoms with E-state index >= 15 is 0 Å². The third-order valence-electron chi connectivity index (χ3n) is 4.43. The van der Waals surface area contributed by atoms with Gasteiger partial charge in [-0.3, -0.25) is 14.4 Å². The van der Waals surface area contributed by atoms with Crippen molar-refractivity contribution in [2.75, 3.05) is 11.5 Å². The maximum atomic E-state index is 12.4. The number of nitrogens with two attached hydrogens (primary N) is 1. The first-order valence-corrected chi connectivity index (χ1v) is 10.4. The average Bonchev–Trinajstić information content (AvgIpc) is 2.65. The Morgan fingerprint density at radius 3 is 1.68 bits per heavy atom. The van der Waals surface area contributed by atoms with Crippen LogP contribution in [0.1, 0.15) is 34.1 Å². The Morgan fingerprint density at radius 1 is 0.893 bits per heavy atom. The minimum absolute atomic E-state index is 0.00603. The highest BCUT2D eigenvalue weighted by Gasteiger charge is 2.31. The maximum Gasteiger partial charge on any atom is 0.326 e. The zero-order valence-electron chi connectivity index (χ0n) is 16.6. The molecule has 0 aliphatic rings. The second kappa shape index (κ2) is 12.9.